The number of rotatable bonds is 3. The summed E-state index contributed by atoms with van der Waals surface area (Å²) in [6.07, 6.45) is 3.66. The van der Waals surface area contributed by atoms with E-state index in [1.54, 1.807) is 0 Å². The van der Waals surface area contributed by atoms with Crippen molar-refractivity contribution < 1.29 is 9.53 Å². The maximum absolute atomic E-state index is 11.4. The van der Waals surface area contributed by atoms with E-state index in [2.05, 4.69) is 12.1 Å². The van der Waals surface area contributed by atoms with Crippen LogP contribution in [0.15, 0.2) is 24.3 Å². The smallest absolute Gasteiger partial charge is 0.133 e. The third-order valence-electron chi connectivity index (χ3n) is 3.14. The quantitative estimate of drug-likeness (QED) is 0.778. The third kappa shape index (κ3) is 2.63. The first-order valence-corrected chi connectivity index (χ1v) is 6.04. The highest BCUT2D eigenvalue weighted by Crippen LogP contribution is 2.31. The second-order valence-corrected chi connectivity index (χ2v) is 4.33. The van der Waals surface area contributed by atoms with E-state index in [9.17, 15) is 4.79 Å². The second-order valence-electron chi connectivity index (χ2n) is 4.33. The lowest BCUT2D eigenvalue weighted by atomic mass is 9.83. The summed E-state index contributed by atoms with van der Waals surface area (Å²) in [5, 5.41) is 0. The Balaban J connectivity index is 2.05. The Morgan fingerprint density at radius 1 is 1.31 bits per heavy atom. The van der Waals surface area contributed by atoms with E-state index in [1.165, 1.54) is 5.56 Å². The van der Waals surface area contributed by atoms with E-state index in [4.69, 9.17) is 4.74 Å². The van der Waals surface area contributed by atoms with Gasteiger partial charge in [0.15, 0.2) is 0 Å². The molecular formula is C14H18O2. The lowest BCUT2D eigenvalue weighted by Gasteiger charge is -2.21. The molecule has 1 aliphatic carbocycles. The zero-order chi connectivity index (χ0) is 11.4. The largest absolute Gasteiger partial charge is 0.494 e. The molecule has 0 heterocycles. The van der Waals surface area contributed by atoms with Gasteiger partial charge in [0.05, 0.1) is 6.61 Å². The molecule has 1 aromatic rings. The van der Waals surface area contributed by atoms with Gasteiger partial charge >= 0.3 is 0 Å². The van der Waals surface area contributed by atoms with Gasteiger partial charge in [-0.15, -0.1) is 0 Å². The molecule has 0 radical (unpaired) electrons. The summed E-state index contributed by atoms with van der Waals surface area (Å²) in [4.78, 5) is 11.4. The van der Waals surface area contributed by atoms with Crippen LogP contribution in [-0.4, -0.2) is 12.4 Å². The number of carbonyl (C=O) groups excluding carboxylic acids is 1. The highest BCUT2D eigenvalue weighted by Gasteiger charge is 2.20. The maximum Gasteiger partial charge on any atom is 0.133 e. The minimum atomic E-state index is 0.408. The van der Waals surface area contributed by atoms with Crippen LogP contribution in [0.5, 0.6) is 5.75 Å². The number of ketones is 1. The fourth-order valence-electron chi connectivity index (χ4n) is 2.31. The Morgan fingerprint density at radius 3 is 2.69 bits per heavy atom. The van der Waals surface area contributed by atoms with Gasteiger partial charge in [-0.05, 0) is 43.4 Å². The highest BCUT2D eigenvalue weighted by molar-refractivity contribution is 5.80. The Kier molecular flexibility index (Phi) is 3.60. The Hall–Kier alpha value is -1.31. The molecule has 2 nitrogen and oxygen atoms in total. The molecule has 0 aromatic heterocycles. The molecular weight excluding hydrogens is 200 g/mol. The van der Waals surface area contributed by atoms with Crippen LogP contribution in [0.4, 0.5) is 0 Å². The van der Waals surface area contributed by atoms with Crippen molar-refractivity contribution in [2.75, 3.05) is 6.61 Å². The number of benzene rings is 1. The number of Topliss-reactive ketones (excluding diaryl/α,β-unsaturated/α-hetero) is 1. The fourth-order valence-corrected chi connectivity index (χ4v) is 2.31. The van der Waals surface area contributed by atoms with Gasteiger partial charge in [-0.1, -0.05) is 12.1 Å². The van der Waals surface area contributed by atoms with Crippen molar-refractivity contribution in [2.45, 2.75) is 38.5 Å². The summed E-state index contributed by atoms with van der Waals surface area (Å²) in [6, 6.07) is 8.18. The van der Waals surface area contributed by atoms with Crippen molar-refractivity contribution in [1.82, 2.24) is 0 Å². The molecule has 16 heavy (non-hydrogen) atoms. The van der Waals surface area contributed by atoms with Crippen molar-refractivity contribution in [3.63, 3.8) is 0 Å². The Morgan fingerprint density at radius 2 is 2.06 bits per heavy atom. The van der Waals surface area contributed by atoms with E-state index < -0.39 is 0 Å². The molecule has 0 aliphatic heterocycles. The molecule has 0 saturated heterocycles. The molecule has 1 fully saturated rings. The lowest BCUT2D eigenvalue weighted by Crippen LogP contribution is -2.13. The Labute approximate surface area is 96.6 Å². The summed E-state index contributed by atoms with van der Waals surface area (Å²) in [6.45, 7) is 2.68. The molecule has 86 valence electrons. The molecule has 0 N–H and O–H groups in total. The third-order valence-corrected chi connectivity index (χ3v) is 3.14. The second kappa shape index (κ2) is 5.15. The average molecular weight is 218 g/mol. The molecule has 1 aliphatic rings. The first-order chi connectivity index (χ1) is 7.79. The summed E-state index contributed by atoms with van der Waals surface area (Å²) in [7, 11) is 0. The van der Waals surface area contributed by atoms with Crippen LogP contribution in [0.1, 0.15) is 44.1 Å². The molecule has 0 spiro atoms. The van der Waals surface area contributed by atoms with Gasteiger partial charge < -0.3 is 4.74 Å². The molecule has 1 aromatic carbocycles. The van der Waals surface area contributed by atoms with Crippen LogP contribution in [-0.2, 0) is 4.79 Å². The van der Waals surface area contributed by atoms with Gasteiger partial charge in [0.25, 0.3) is 0 Å². The van der Waals surface area contributed by atoms with Crippen molar-refractivity contribution in [3.8, 4) is 5.75 Å². The van der Waals surface area contributed by atoms with Gasteiger partial charge in [0, 0.05) is 12.8 Å². The predicted octanol–water partition coefficient (Wildman–Crippen LogP) is 3.31. The van der Waals surface area contributed by atoms with Crippen LogP contribution in [0.2, 0.25) is 0 Å². The van der Waals surface area contributed by atoms with E-state index in [0.717, 1.165) is 25.0 Å². The molecule has 0 bridgehead atoms. The highest BCUT2D eigenvalue weighted by atomic mass is 16.5. The first-order valence-electron chi connectivity index (χ1n) is 6.04. The standard InChI is InChI=1S/C14H18O2/c1-2-16-14-8-6-11(7-9-14)12-4-3-5-13(15)10-12/h6-9,12H,2-5,10H2,1H3. The summed E-state index contributed by atoms with van der Waals surface area (Å²) >= 11 is 0. The van der Waals surface area contributed by atoms with Gasteiger partial charge in [-0.3, -0.25) is 4.79 Å². The molecule has 2 rings (SSSR count). The van der Waals surface area contributed by atoms with E-state index >= 15 is 0 Å². The predicted molar refractivity (Wildman–Crippen MR) is 63.8 cm³/mol. The maximum atomic E-state index is 11.4. The number of hydrogen-bond donors (Lipinski definition) is 0. The molecule has 2 heteroatoms. The molecule has 1 unspecified atom stereocenters. The number of carbonyl (C=O) groups is 1. The van der Waals surface area contributed by atoms with Crippen LogP contribution >= 0.6 is 0 Å². The zero-order valence-electron chi connectivity index (χ0n) is 9.74. The van der Waals surface area contributed by atoms with Crippen LogP contribution < -0.4 is 4.74 Å². The normalized spacial score (nSPS) is 20.8. The van der Waals surface area contributed by atoms with Crippen molar-refractivity contribution in [3.05, 3.63) is 29.8 Å². The first kappa shape index (κ1) is 11.2. The summed E-state index contributed by atoms with van der Waals surface area (Å²) in [5.41, 5.74) is 1.27. The van der Waals surface area contributed by atoms with E-state index in [1.807, 2.05) is 19.1 Å². The molecule has 1 saturated carbocycles. The van der Waals surface area contributed by atoms with Crippen LogP contribution in [0.25, 0.3) is 0 Å². The van der Waals surface area contributed by atoms with Crippen molar-refractivity contribution in [2.24, 2.45) is 0 Å². The van der Waals surface area contributed by atoms with E-state index in [0.29, 0.717) is 24.7 Å². The van der Waals surface area contributed by atoms with Crippen molar-refractivity contribution >= 4 is 5.78 Å². The monoisotopic (exact) mass is 218 g/mol. The summed E-state index contributed by atoms with van der Waals surface area (Å²) in [5.74, 6) is 1.75. The van der Waals surface area contributed by atoms with E-state index in [-0.39, 0.29) is 0 Å². The van der Waals surface area contributed by atoms with Crippen LogP contribution in [0, 0.1) is 0 Å². The van der Waals surface area contributed by atoms with Gasteiger partial charge in [0.1, 0.15) is 11.5 Å². The number of ether oxygens (including phenoxy) is 1. The van der Waals surface area contributed by atoms with Gasteiger partial charge in [0.2, 0.25) is 0 Å². The SMILES string of the molecule is CCOc1ccc(C2CCCC(=O)C2)cc1. The summed E-state index contributed by atoms with van der Waals surface area (Å²) < 4.78 is 5.40. The van der Waals surface area contributed by atoms with Gasteiger partial charge in [-0.25, -0.2) is 0 Å². The number of hydrogen-bond acceptors (Lipinski definition) is 2. The van der Waals surface area contributed by atoms with Gasteiger partial charge in [-0.2, -0.15) is 0 Å². The fraction of sp³-hybridized carbons (Fsp3) is 0.500. The lowest BCUT2D eigenvalue weighted by molar-refractivity contribution is -0.120. The zero-order valence-corrected chi connectivity index (χ0v) is 9.74. The van der Waals surface area contributed by atoms with Crippen molar-refractivity contribution in [1.29, 1.82) is 0 Å². The average Bonchev–Trinajstić information content (AvgIpc) is 2.30. The van der Waals surface area contributed by atoms with Crippen LogP contribution in [0.3, 0.4) is 0 Å². The molecule has 1 atom stereocenters. The molecule has 0 amide bonds. The minimum Gasteiger partial charge on any atom is -0.494 e. The minimum absolute atomic E-state index is 0.408. The topological polar surface area (TPSA) is 26.3 Å². The Bertz CT molecular complexity index is 354.